The van der Waals surface area contributed by atoms with Gasteiger partial charge in [0, 0.05) is 6.54 Å². The van der Waals surface area contributed by atoms with Crippen molar-refractivity contribution in [1.82, 2.24) is 4.72 Å². The van der Waals surface area contributed by atoms with Crippen LogP contribution in [-0.2, 0) is 10.0 Å². The van der Waals surface area contributed by atoms with Crippen molar-refractivity contribution in [3.63, 3.8) is 0 Å². The minimum Gasteiger partial charge on any atom is -0.386 e. The lowest BCUT2D eigenvalue weighted by Gasteiger charge is -2.12. The summed E-state index contributed by atoms with van der Waals surface area (Å²) in [6.45, 7) is -1.10. The van der Waals surface area contributed by atoms with E-state index in [0.29, 0.717) is 12.1 Å². The minimum atomic E-state index is -4.68. The van der Waals surface area contributed by atoms with Crippen LogP contribution >= 0.6 is 0 Å². The highest BCUT2D eigenvalue weighted by Crippen LogP contribution is 2.19. The van der Waals surface area contributed by atoms with Gasteiger partial charge in [-0.2, -0.15) is 0 Å². The fraction of sp³-hybridized carbons (Fsp3) is 0.333. The minimum absolute atomic E-state index is 0.372. The van der Waals surface area contributed by atoms with Crippen LogP contribution in [0, 0.1) is 17.5 Å². The number of rotatable bonds is 5. The molecule has 108 valence electrons. The predicted octanol–water partition coefficient (Wildman–Crippen LogP) is 1.01. The number of nitrogens with one attached hydrogen (secondary N) is 1. The highest BCUT2D eigenvalue weighted by atomic mass is 32.2. The maximum absolute atomic E-state index is 13.2. The quantitative estimate of drug-likeness (QED) is 0.630. The molecule has 0 radical (unpaired) electrons. The van der Waals surface area contributed by atoms with Gasteiger partial charge in [-0.25, -0.2) is 35.1 Å². The Bertz CT molecular complexity index is 563. The van der Waals surface area contributed by atoms with Gasteiger partial charge >= 0.3 is 0 Å². The maximum atomic E-state index is 13.2. The molecule has 0 amide bonds. The smallest absolute Gasteiger partial charge is 0.265 e. The van der Waals surface area contributed by atoms with E-state index in [1.165, 1.54) is 4.72 Å². The summed E-state index contributed by atoms with van der Waals surface area (Å²) >= 11 is 0. The molecule has 0 aromatic heterocycles. The molecule has 1 atom stereocenters. The Kier molecular flexibility index (Phi) is 4.82. The molecule has 0 saturated carbocycles. The lowest BCUT2D eigenvalue weighted by atomic mass is 10.3. The van der Waals surface area contributed by atoms with Crippen LogP contribution in [-0.4, -0.2) is 32.6 Å². The highest BCUT2D eigenvalue weighted by molar-refractivity contribution is 7.89. The number of alkyl halides is 2. The Morgan fingerprint density at radius 3 is 2.26 bits per heavy atom. The number of halogens is 5. The summed E-state index contributed by atoms with van der Waals surface area (Å²) < 4.78 is 86.9. The van der Waals surface area contributed by atoms with Gasteiger partial charge in [-0.15, -0.1) is 0 Å². The Balaban J connectivity index is 2.99. The molecule has 1 aromatic carbocycles. The van der Waals surface area contributed by atoms with Gasteiger partial charge in [0.15, 0.2) is 17.5 Å². The number of aliphatic hydroxyl groups is 1. The number of aliphatic hydroxyl groups excluding tert-OH is 1. The Morgan fingerprint density at radius 2 is 1.74 bits per heavy atom. The van der Waals surface area contributed by atoms with E-state index in [1.54, 1.807) is 0 Å². The third kappa shape index (κ3) is 3.61. The third-order valence-electron chi connectivity index (χ3n) is 2.06. The number of benzene rings is 1. The van der Waals surface area contributed by atoms with Gasteiger partial charge in [-0.05, 0) is 12.1 Å². The molecule has 0 aliphatic rings. The molecule has 2 N–H and O–H groups in total. The van der Waals surface area contributed by atoms with Crippen molar-refractivity contribution in [1.29, 1.82) is 0 Å². The van der Waals surface area contributed by atoms with Crippen molar-refractivity contribution < 1.29 is 35.5 Å². The van der Waals surface area contributed by atoms with Crippen LogP contribution in [0.1, 0.15) is 0 Å². The first-order chi connectivity index (χ1) is 8.66. The molecule has 1 unspecified atom stereocenters. The third-order valence-corrected chi connectivity index (χ3v) is 3.50. The van der Waals surface area contributed by atoms with Gasteiger partial charge in [0.25, 0.3) is 6.43 Å². The molecule has 0 bridgehead atoms. The van der Waals surface area contributed by atoms with Crippen molar-refractivity contribution in [2.45, 2.75) is 17.4 Å². The summed E-state index contributed by atoms with van der Waals surface area (Å²) in [5.41, 5.74) is 0. The first-order valence-electron chi connectivity index (χ1n) is 4.76. The number of hydrogen-bond acceptors (Lipinski definition) is 3. The van der Waals surface area contributed by atoms with Crippen LogP contribution in [0.2, 0.25) is 0 Å². The van der Waals surface area contributed by atoms with E-state index in [0.717, 1.165) is 0 Å². The summed E-state index contributed by atoms with van der Waals surface area (Å²) in [5, 5.41) is 8.70. The van der Waals surface area contributed by atoms with Crippen LogP contribution in [0.15, 0.2) is 17.0 Å². The normalized spacial score (nSPS) is 13.8. The summed E-state index contributed by atoms with van der Waals surface area (Å²) in [6.07, 6.45) is -5.51. The average Bonchev–Trinajstić information content (AvgIpc) is 2.32. The van der Waals surface area contributed by atoms with Crippen molar-refractivity contribution >= 4 is 10.0 Å². The molecule has 0 aliphatic heterocycles. The summed E-state index contributed by atoms with van der Waals surface area (Å²) in [5.74, 6) is -5.57. The predicted molar refractivity (Wildman–Crippen MR) is 53.5 cm³/mol. The maximum Gasteiger partial charge on any atom is 0.265 e. The zero-order chi connectivity index (χ0) is 14.8. The second-order valence-electron chi connectivity index (χ2n) is 3.43. The van der Waals surface area contributed by atoms with Gasteiger partial charge in [0.1, 0.15) is 11.0 Å². The van der Waals surface area contributed by atoms with E-state index in [4.69, 9.17) is 5.11 Å². The van der Waals surface area contributed by atoms with Gasteiger partial charge in [0.05, 0.1) is 0 Å². The molecule has 0 aliphatic carbocycles. The van der Waals surface area contributed by atoms with Crippen LogP contribution in [0.4, 0.5) is 22.0 Å². The largest absolute Gasteiger partial charge is 0.386 e. The molecule has 19 heavy (non-hydrogen) atoms. The molecular formula is C9H8F5NO3S. The zero-order valence-electron chi connectivity index (χ0n) is 9.08. The van der Waals surface area contributed by atoms with Crippen LogP contribution < -0.4 is 4.72 Å². The SMILES string of the molecule is O=S(=O)(NCC(O)C(F)F)c1ccc(F)c(F)c1F. The topological polar surface area (TPSA) is 66.4 Å². The summed E-state index contributed by atoms with van der Waals surface area (Å²) in [6, 6.07) is 0.807. The van der Waals surface area contributed by atoms with Gasteiger partial charge in [0.2, 0.25) is 10.0 Å². The van der Waals surface area contributed by atoms with E-state index in [-0.39, 0.29) is 0 Å². The molecule has 1 aromatic rings. The van der Waals surface area contributed by atoms with Gasteiger partial charge < -0.3 is 5.11 Å². The molecule has 10 heteroatoms. The molecular weight excluding hydrogens is 297 g/mol. The first-order valence-corrected chi connectivity index (χ1v) is 6.24. The van der Waals surface area contributed by atoms with Crippen molar-refractivity contribution in [3.05, 3.63) is 29.6 Å². The second-order valence-corrected chi connectivity index (χ2v) is 5.16. The Labute approximate surface area is 104 Å². The summed E-state index contributed by atoms with van der Waals surface area (Å²) in [4.78, 5) is -1.24. The monoisotopic (exact) mass is 305 g/mol. The molecule has 0 saturated heterocycles. The van der Waals surface area contributed by atoms with Crippen molar-refractivity contribution in [2.75, 3.05) is 6.54 Å². The first kappa shape index (κ1) is 15.8. The van der Waals surface area contributed by atoms with Crippen LogP contribution in [0.3, 0.4) is 0 Å². The van der Waals surface area contributed by atoms with E-state index in [1.807, 2.05) is 0 Å². The molecule has 1 rings (SSSR count). The number of hydrogen-bond donors (Lipinski definition) is 2. The fourth-order valence-electron chi connectivity index (χ4n) is 1.08. The molecule has 0 heterocycles. The Morgan fingerprint density at radius 1 is 1.16 bits per heavy atom. The molecule has 4 nitrogen and oxygen atoms in total. The van der Waals surface area contributed by atoms with Crippen molar-refractivity contribution in [3.8, 4) is 0 Å². The summed E-state index contributed by atoms with van der Waals surface area (Å²) in [7, 11) is -4.68. The average molecular weight is 305 g/mol. The molecule has 0 spiro atoms. The lowest BCUT2D eigenvalue weighted by molar-refractivity contribution is -0.000457. The van der Waals surface area contributed by atoms with Crippen molar-refractivity contribution in [2.24, 2.45) is 0 Å². The second kappa shape index (κ2) is 5.80. The van der Waals surface area contributed by atoms with E-state index >= 15 is 0 Å². The van der Waals surface area contributed by atoms with E-state index in [2.05, 4.69) is 0 Å². The highest BCUT2D eigenvalue weighted by Gasteiger charge is 2.26. The van der Waals surface area contributed by atoms with Crippen LogP contribution in [0.25, 0.3) is 0 Å². The van der Waals surface area contributed by atoms with Gasteiger partial charge in [-0.1, -0.05) is 0 Å². The lowest BCUT2D eigenvalue weighted by Crippen LogP contribution is -2.36. The zero-order valence-corrected chi connectivity index (χ0v) is 9.89. The Hall–Kier alpha value is -1.26. The number of sulfonamides is 1. The van der Waals surface area contributed by atoms with E-state index < -0.39 is 51.4 Å². The van der Waals surface area contributed by atoms with E-state index in [9.17, 15) is 30.4 Å². The fourth-order valence-corrected chi connectivity index (χ4v) is 2.20. The standard InChI is InChI=1S/C9H8F5NO3S/c10-4-1-2-6(8(12)7(4)11)19(17,18)15-3-5(16)9(13)14/h1-2,5,9,15-16H,3H2. The molecule has 0 fully saturated rings. The van der Waals surface area contributed by atoms with Crippen LogP contribution in [0.5, 0.6) is 0 Å². The van der Waals surface area contributed by atoms with Gasteiger partial charge in [-0.3, -0.25) is 0 Å².